The highest BCUT2D eigenvalue weighted by molar-refractivity contribution is 5.32. The standard InChI is InChI=1S/C8H14N4O/c9-8-7(5-11-13-8)6-12-3-1-10-2-4-12/h5,10H,1-4,6,9H2. The maximum atomic E-state index is 5.59. The summed E-state index contributed by atoms with van der Waals surface area (Å²) in [6, 6.07) is 0. The van der Waals surface area contributed by atoms with Gasteiger partial charge in [0.25, 0.3) is 0 Å². The highest BCUT2D eigenvalue weighted by atomic mass is 16.5. The van der Waals surface area contributed by atoms with Gasteiger partial charge in [0.2, 0.25) is 5.88 Å². The monoisotopic (exact) mass is 182 g/mol. The predicted molar refractivity (Wildman–Crippen MR) is 49.1 cm³/mol. The highest BCUT2D eigenvalue weighted by Crippen LogP contribution is 2.12. The van der Waals surface area contributed by atoms with Crippen LogP contribution in [0.1, 0.15) is 5.56 Å². The Morgan fingerprint density at radius 2 is 2.31 bits per heavy atom. The zero-order valence-electron chi connectivity index (χ0n) is 7.49. The Kier molecular flexibility index (Phi) is 2.47. The van der Waals surface area contributed by atoms with Crippen LogP contribution in [0, 0.1) is 0 Å². The first-order valence-electron chi connectivity index (χ1n) is 4.48. The van der Waals surface area contributed by atoms with E-state index in [4.69, 9.17) is 10.3 Å². The minimum atomic E-state index is 0.443. The largest absolute Gasteiger partial charge is 0.367 e. The lowest BCUT2D eigenvalue weighted by Gasteiger charge is -2.26. The molecule has 1 aliphatic heterocycles. The van der Waals surface area contributed by atoms with Gasteiger partial charge in [-0.3, -0.25) is 4.90 Å². The number of nitrogens with zero attached hydrogens (tertiary/aromatic N) is 2. The molecule has 0 atom stereocenters. The van der Waals surface area contributed by atoms with Gasteiger partial charge in [-0.1, -0.05) is 5.16 Å². The van der Waals surface area contributed by atoms with Crippen molar-refractivity contribution in [2.75, 3.05) is 31.9 Å². The second-order valence-corrected chi connectivity index (χ2v) is 3.24. The molecule has 0 bridgehead atoms. The first-order valence-corrected chi connectivity index (χ1v) is 4.48. The average molecular weight is 182 g/mol. The van der Waals surface area contributed by atoms with E-state index in [9.17, 15) is 0 Å². The molecule has 5 heteroatoms. The molecular formula is C8H14N4O. The van der Waals surface area contributed by atoms with Crippen LogP contribution < -0.4 is 11.1 Å². The molecule has 0 radical (unpaired) electrons. The van der Waals surface area contributed by atoms with E-state index in [0.29, 0.717) is 5.88 Å². The van der Waals surface area contributed by atoms with Crippen molar-refractivity contribution >= 4 is 5.88 Å². The maximum absolute atomic E-state index is 5.59. The van der Waals surface area contributed by atoms with E-state index in [-0.39, 0.29) is 0 Å². The van der Waals surface area contributed by atoms with Gasteiger partial charge in [-0.15, -0.1) is 0 Å². The Hall–Kier alpha value is -1.07. The number of hydrogen-bond donors (Lipinski definition) is 2. The van der Waals surface area contributed by atoms with Crippen LogP contribution in [0.2, 0.25) is 0 Å². The third-order valence-corrected chi connectivity index (χ3v) is 2.28. The van der Waals surface area contributed by atoms with E-state index < -0.39 is 0 Å². The molecule has 1 aliphatic rings. The Bertz CT molecular complexity index is 267. The van der Waals surface area contributed by atoms with Gasteiger partial charge >= 0.3 is 0 Å². The summed E-state index contributed by atoms with van der Waals surface area (Å²) in [4.78, 5) is 2.33. The first kappa shape index (κ1) is 8.52. The first-order chi connectivity index (χ1) is 6.36. The van der Waals surface area contributed by atoms with Crippen molar-refractivity contribution in [3.8, 4) is 0 Å². The number of nitrogens with two attached hydrogens (primary N) is 1. The summed E-state index contributed by atoms with van der Waals surface area (Å²) in [7, 11) is 0. The van der Waals surface area contributed by atoms with Crippen molar-refractivity contribution in [2.24, 2.45) is 0 Å². The van der Waals surface area contributed by atoms with Crippen molar-refractivity contribution < 1.29 is 4.52 Å². The fourth-order valence-corrected chi connectivity index (χ4v) is 1.50. The van der Waals surface area contributed by atoms with E-state index in [0.717, 1.165) is 38.3 Å². The summed E-state index contributed by atoms with van der Waals surface area (Å²) < 4.78 is 4.79. The van der Waals surface area contributed by atoms with E-state index in [1.807, 2.05) is 0 Å². The lowest BCUT2D eigenvalue weighted by molar-refractivity contribution is 0.233. The molecule has 2 rings (SSSR count). The van der Waals surface area contributed by atoms with Gasteiger partial charge in [-0.2, -0.15) is 0 Å². The van der Waals surface area contributed by atoms with Crippen LogP contribution in [0.3, 0.4) is 0 Å². The lowest BCUT2D eigenvalue weighted by atomic mass is 10.3. The van der Waals surface area contributed by atoms with E-state index >= 15 is 0 Å². The molecule has 0 aromatic carbocycles. The molecule has 1 aromatic rings. The van der Waals surface area contributed by atoms with Crippen molar-refractivity contribution in [3.63, 3.8) is 0 Å². The fraction of sp³-hybridized carbons (Fsp3) is 0.625. The van der Waals surface area contributed by atoms with E-state index in [1.54, 1.807) is 6.20 Å². The average Bonchev–Trinajstić information content (AvgIpc) is 2.54. The molecule has 2 heterocycles. The molecule has 0 aliphatic carbocycles. The van der Waals surface area contributed by atoms with Crippen LogP contribution in [0.5, 0.6) is 0 Å². The smallest absolute Gasteiger partial charge is 0.226 e. The summed E-state index contributed by atoms with van der Waals surface area (Å²) in [5.41, 5.74) is 6.57. The van der Waals surface area contributed by atoms with Crippen molar-refractivity contribution in [1.29, 1.82) is 0 Å². The van der Waals surface area contributed by atoms with E-state index in [1.165, 1.54) is 0 Å². The van der Waals surface area contributed by atoms with Crippen molar-refractivity contribution in [3.05, 3.63) is 11.8 Å². The molecule has 72 valence electrons. The molecule has 5 nitrogen and oxygen atoms in total. The van der Waals surface area contributed by atoms with Gasteiger partial charge in [0.05, 0.1) is 11.8 Å². The molecule has 1 saturated heterocycles. The molecule has 13 heavy (non-hydrogen) atoms. The Morgan fingerprint density at radius 3 is 2.92 bits per heavy atom. The molecule has 0 amide bonds. The third-order valence-electron chi connectivity index (χ3n) is 2.28. The van der Waals surface area contributed by atoms with Gasteiger partial charge in [0, 0.05) is 32.7 Å². The normalized spacial score (nSPS) is 19.1. The third kappa shape index (κ3) is 1.99. The van der Waals surface area contributed by atoms with Gasteiger partial charge in [-0.25, -0.2) is 0 Å². The Balaban J connectivity index is 1.93. The Labute approximate surface area is 76.9 Å². The summed E-state index contributed by atoms with van der Waals surface area (Å²) in [5, 5.41) is 6.94. The van der Waals surface area contributed by atoms with Crippen LogP contribution in [0.4, 0.5) is 5.88 Å². The van der Waals surface area contributed by atoms with Gasteiger partial charge in [0.1, 0.15) is 0 Å². The Morgan fingerprint density at radius 1 is 1.54 bits per heavy atom. The molecule has 1 aromatic heterocycles. The number of nitrogen functional groups attached to an aromatic ring is 1. The van der Waals surface area contributed by atoms with Gasteiger partial charge < -0.3 is 15.6 Å². The number of hydrogen-bond acceptors (Lipinski definition) is 5. The minimum absolute atomic E-state index is 0.443. The SMILES string of the molecule is Nc1oncc1CN1CCNCC1. The van der Waals surface area contributed by atoms with Crippen LogP contribution in [0.25, 0.3) is 0 Å². The predicted octanol–water partition coefficient (Wildman–Crippen LogP) is -0.338. The molecule has 0 unspecified atom stereocenters. The van der Waals surface area contributed by atoms with Crippen LogP contribution in [0.15, 0.2) is 10.7 Å². The van der Waals surface area contributed by atoms with Crippen molar-refractivity contribution in [2.45, 2.75) is 6.54 Å². The number of aromatic nitrogens is 1. The molecule has 0 spiro atoms. The molecule has 3 N–H and O–H groups in total. The summed E-state index contributed by atoms with van der Waals surface area (Å²) in [5.74, 6) is 0.443. The van der Waals surface area contributed by atoms with Gasteiger partial charge in [-0.05, 0) is 0 Å². The quantitative estimate of drug-likeness (QED) is 0.655. The molecule has 1 fully saturated rings. The molecule has 0 saturated carbocycles. The lowest BCUT2D eigenvalue weighted by Crippen LogP contribution is -2.42. The topological polar surface area (TPSA) is 67.3 Å². The van der Waals surface area contributed by atoms with Crippen LogP contribution in [-0.2, 0) is 6.54 Å². The van der Waals surface area contributed by atoms with Crippen molar-refractivity contribution in [1.82, 2.24) is 15.4 Å². The zero-order valence-corrected chi connectivity index (χ0v) is 7.49. The highest BCUT2D eigenvalue weighted by Gasteiger charge is 2.12. The van der Waals surface area contributed by atoms with Crippen LogP contribution >= 0.6 is 0 Å². The maximum Gasteiger partial charge on any atom is 0.226 e. The number of piperazine rings is 1. The zero-order chi connectivity index (χ0) is 9.10. The number of anilines is 1. The second kappa shape index (κ2) is 3.76. The summed E-state index contributed by atoms with van der Waals surface area (Å²) in [6.07, 6.45) is 1.69. The summed E-state index contributed by atoms with van der Waals surface area (Å²) >= 11 is 0. The van der Waals surface area contributed by atoms with Gasteiger partial charge in [0.15, 0.2) is 0 Å². The minimum Gasteiger partial charge on any atom is -0.367 e. The summed E-state index contributed by atoms with van der Waals surface area (Å²) in [6.45, 7) is 5.06. The number of nitrogens with one attached hydrogen (secondary N) is 1. The second-order valence-electron chi connectivity index (χ2n) is 3.24. The fourth-order valence-electron chi connectivity index (χ4n) is 1.50. The molecular weight excluding hydrogens is 168 g/mol. The van der Waals surface area contributed by atoms with E-state index in [2.05, 4.69) is 15.4 Å². The van der Waals surface area contributed by atoms with Crippen LogP contribution in [-0.4, -0.2) is 36.2 Å². The number of rotatable bonds is 2.